The molecule has 0 aliphatic rings. The fourth-order valence-electron chi connectivity index (χ4n) is 1.41. The first kappa shape index (κ1) is 13.5. The van der Waals surface area contributed by atoms with Crippen molar-refractivity contribution >= 4 is 11.8 Å². The summed E-state index contributed by atoms with van der Waals surface area (Å²) in [5, 5.41) is 4.09. The Balaban J connectivity index is 2.57. The highest BCUT2D eigenvalue weighted by Crippen LogP contribution is 2.22. The van der Waals surface area contributed by atoms with E-state index in [0.717, 1.165) is 16.7 Å². The Hall–Kier alpha value is -0.540. The summed E-state index contributed by atoms with van der Waals surface area (Å²) in [6.45, 7) is 6.54. The molecule has 0 aliphatic carbocycles. The number of aromatic nitrogens is 1. The van der Waals surface area contributed by atoms with Crippen molar-refractivity contribution in [1.29, 1.82) is 0 Å². The van der Waals surface area contributed by atoms with Crippen LogP contribution < -0.4 is 5.32 Å². The lowest BCUT2D eigenvalue weighted by Crippen LogP contribution is -2.20. The number of nitrogens with zero attached hydrogens (tertiary/aromatic N) is 1. The van der Waals surface area contributed by atoms with E-state index in [1.165, 1.54) is 12.0 Å². The second kappa shape index (κ2) is 6.92. The molecule has 0 saturated heterocycles. The molecule has 16 heavy (non-hydrogen) atoms. The molecule has 0 spiro atoms. The molecular formula is C13H22N2S. The van der Waals surface area contributed by atoms with Crippen LogP contribution in [0.5, 0.6) is 0 Å². The molecule has 0 amide bonds. The van der Waals surface area contributed by atoms with Gasteiger partial charge in [-0.15, -0.1) is 0 Å². The van der Waals surface area contributed by atoms with Crippen molar-refractivity contribution in [2.24, 2.45) is 0 Å². The zero-order valence-corrected chi connectivity index (χ0v) is 11.5. The van der Waals surface area contributed by atoms with E-state index in [1.807, 2.05) is 31.9 Å². The minimum absolute atomic E-state index is 0.409. The molecule has 1 N–H and O–H groups in total. The Bertz CT molecular complexity index is 297. The maximum atomic E-state index is 4.35. The third-order valence-electron chi connectivity index (χ3n) is 2.81. The van der Waals surface area contributed by atoms with Gasteiger partial charge < -0.3 is 5.32 Å². The maximum absolute atomic E-state index is 4.35. The number of hydrogen-bond donors (Lipinski definition) is 1. The van der Waals surface area contributed by atoms with Crippen LogP contribution in [-0.2, 0) is 0 Å². The predicted molar refractivity (Wildman–Crippen MR) is 73.0 cm³/mol. The van der Waals surface area contributed by atoms with Gasteiger partial charge in [-0.05, 0) is 32.0 Å². The second-order valence-electron chi connectivity index (χ2n) is 4.13. The van der Waals surface area contributed by atoms with Crippen molar-refractivity contribution in [3.8, 4) is 0 Å². The second-order valence-corrected chi connectivity index (χ2v) is 5.60. The summed E-state index contributed by atoms with van der Waals surface area (Å²) in [7, 11) is 2.02. The van der Waals surface area contributed by atoms with Gasteiger partial charge in [0, 0.05) is 28.9 Å². The van der Waals surface area contributed by atoms with Crippen LogP contribution in [0.2, 0.25) is 0 Å². The van der Waals surface area contributed by atoms with Gasteiger partial charge >= 0.3 is 0 Å². The van der Waals surface area contributed by atoms with E-state index >= 15 is 0 Å². The van der Waals surface area contributed by atoms with E-state index in [-0.39, 0.29) is 0 Å². The molecule has 0 aromatic carbocycles. The minimum atomic E-state index is 0.409. The molecule has 2 atom stereocenters. The SMILES string of the molecule is CCC(C)SCC(NC)c1ccc(C)nc1. The average Bonchev–Trinajstić information content (AvgIpc) is 2.31. The van der Waals surface area contributed by atoms with Gasteiger partial charge in [-0.2, -0.15) is 11.8 Å². The smallest absolute Gasteiger partial charge is 0.0424 e. The molecule has 2 nitrogen and oxygen atoms in total. The summed E-state index contributed by atoms with van der Waals surface area (Å²) >= 11 is 2.02. The quantitative estimate of drug-likeness (QED) is 0.824. The van der Waals surface area contributed by atoms with E-state index in [1.54, 1.807) is 0 Å². The highest BCUT2D eigenvalue weighted by Gasteiger charge is 2.11. The number of hydrogen-bond acceptors (Lipinski definition) is 3. The highest BCUT2D eigenvalue weighted by molar-refractivity contribution is 7.99. The molecular weight excluding hydrogens is 216 g/mol. The Kier molecular flexibility index (Phi) is 5.85. The van der Waals surface area contributed by atoms with Gasteiger partial charge in [0.1, 0.15) is 0 Å². The first-order chi connectivity index (χ1) is 7.67. The van der Waals surface area contributed by atoms with Crippen LogP contribution in [0.4, 0.5) is 0 Å². The van der Waals surface area contributed by atoms with Crippen molar-refractivity contribution in [2.45, 2.75) is 38.5 Å². The number of nitrogens with one attached hydrogen (secondary N) is 1. The molecule has 0 fully saturated rings. The summed E-state index contributed by atoms with van der Waals surface area (Å²) in [4.78, 5) is 4.35. The average molecular weight is 238 g/mol. The Morgan fingerprint density at radius 3 is 2.69 bits per heavy atom. The molecule has 0 radical (unpaired) electrons. The third kappa shape index (κ3) is 4.14. The van der Waals surface area contributed by atoms with Crippen LogP contribution in [-0.4, -0.2) is 23.0 Å². The number of thioether (sulfide) groups is 1. The van der Waals surface area contributed by atoms with Crippen molar-refractivity contribution in [1.82, 2.24) is 10.3 Å². The Labute approximate surface area is 103 Å². The number of rotatable bonds is 6. The molecule has 2 unspecified atom stereocenters. The zero-order valence-electron chi connectivity index (χ0n) is 10.7. The summed E-state index contributed by atoms with van der Waals surface area (Å²) in [6, 6.07) is 4.65. The number of pyridine rings is 1. The lowest BCUT2D eigenvalue weighted by molar-refractivity contribution is 0.657. The Morgan fingerprint density at radius 2 is 2.19 bits per heavy atom. The first-order valence-electron chi connectivity index (χ1n) is 5.88. The highest BCUT2D eigenvalue weighted by atomic mass is 32.2. The van der Waals surface area contributed by atoms with Gasteiger partial charge in [0.2, 0.25) is 0 Å². The van der Waals surface area contributed by atoms with E-state index < -0.39 is 0 Å². The van der Waals surface area contributed by atoms with Crippen molar-refractivity contribution < 1.29 is 0 Å². The van der Waals surface area contributed by atoms with E-state index in [0.29, 0.717) is 6.04 Å². The monoisotopic (exact) mass is 238 g/mol. The lowest BCUT2D eigenvalue weighted by atomic mass is 10.1. The topological polar surface area (TPSA) is 24.9 Å². The van der Waals surface area contributed by atoms with Crippen molar-refractivity contribution in [3.63, 3.8) is 0 Å². The molecule has 0 saturated carbocycles. The lowest BCUT2D eigenvalue weighted by Gasteiger charge is -2.18. The summed E-state index contributed by atoms with van der Waals surface area (Å²) in [5.41, 5.74) is 2.36. The van der Waals surface area contributed by atoms with Gasteiger partial charge in [-0.25, -0.2) is 0 Å². The van der Waals surface area contributed by atoms with Crippen LogP contribution in [0.15, 0.2) is 18.3 Å². The first-order valence-corrected chi connectivity index (χ1v) is 6.93. The Morgan fingerprint density at radius 1 is 1.44 bits per heavy atom. The predicted octanol–water partition coefficient (Wildman–Crippen LogP) is 3.18. The third-order valence-corrected chi connectivity index (χ3v) is 4.24. The molecule has 0 aliphatic heterocycles. The van der Waals surface area contributed by atoms with Crippen molar-refractivity contribution in [2.75, 3.05) is 12.8 Å². The van der Waals surface area contributed by atoms with Gasteiger partial charge in [0.25, 0.3) is 0 Å². The van der Waals surface area contributed by atoms with Gasteiger partial charge in [0.15, 0.2) is 0 Å². The zero-order chi connectivity index (χ0) is 12.0. The van der Waals surface area contributed by atoms with Gasteiger partial charge in [-0.1, -0.05) is 19.9 Å². The molecule has 1 heterocycles. The van der Waals surface area contributed by atoms with Crippen molar-refractivity contribution in [3.05, 3.63) is 29.6 Å². The van der Waals surface area contributed by atoms with E-state index in [4.69, 9.17) is 0 Å². The molecule has 1 aromatic rings. The summed E-state index contributed by atoms with van der Waals surface area (Å²) < 4.78 is 0. The normalized spacial score (nSPS) is 14.8. The largest absolute Gasteiger partial charge is 0.312 e. The molecule has 1 rings (SSSR count). The van der Waals surface area contributed by atoms with Crippen LogP contribution in [0.1, 0.15) is 37.6 Å². The molecule has 0 bridgehead atoms. The molecule has 3 heteroatoms. The van der Waals surface area contributed by atoms with Crippen LogP contribution in [0.3, 0.4) is 0 Å². The van der Waals surface area contributed by atoms with Gasteiger partial charge in [0.05, 0.1) is 0 Å². The minimum Gasteiger partial charge on any atom is -0.312 e. The summed E-state index contributed by atoms with van der Waals surface area (Å²) in [5.74, 6) is 1.11. The molecule has 1 aromatic heterocycles. The van der Waals surface area contributed by atoms with E-state index in [9.17, 15) is 0 Å². The van der Waals surface area contributed by atoms with Crippen LogP contribution >= 0.6 is 11.8 Å². The maximum Gasteiger partial charge on any atom is 0.0424 e. The van der Waals surface area contributed by atoms with Crippen LogP contribution in [0.25, 0.3) is 0 Å². The van der Waals surface area contributed by atoms with Crippen LogP contribution in [0, 0.1) is 6.92 Å². The van der Waals surface area contributed by atoms with E-state index in [2.05, 4.69) is 36.3 Å². The van der Waals surface area contributed by atoms with Gasteiger partial charge in [-0.3, -0.25) is 4.98 Å². The number of aryl methyl sites for hydroxylation is 1. The fraction of sp³-hybridized carbons (Fsp3) is 0.615. The molecule has 90 valence electrons. The fourth-order valence-corrected chi connectivity index (χ4v) is 2.53. The standard InChI is InChI=1S/C13H22N2S/c1-5-11(3)16-9-13(14-4)12-7-6-10(2)15-8-12/h6-8,11,13-14H,5,9H2,1-4H3. The summed E-state index contributed by atoms with van der Waals surface area (Å²) in [6.07, 6.45) is 3.21.